The fourth-order valence-electron chi connectivity index (χ4n) is 9.21. The molecule has 3 amide bonds. The molecule has 4 aliphatic heterocycles. The third kappa shape index (κ3) is 5.80. The zero-order chi connectivity index (χ0) is 35.4. The Morgan fingerprint density at radius 2 is 1.84 bits per heavy atom. The molecule has 4 heterocycles. The van der Waals surface area contributed by atoms with Crippen LogP contribution in [0.1, 0.15) is 50.2 Å². The van der Waals surface area contributed by atoms with Gasteiger partial charge >= 0.3 is 0 Å². The van der Waals surface area contributed by atoms with Gasteiger partial charge in [0.25, 0.3) is 5.91 Å². The van der Waals surface area contributed by atoms with E-state index in [-0.39, 0.29) is 48.3 Å². The standard InChI is InChI=1S/C39H46BrN3O6Si/c1-25-37(50(3,4)31-15-13-30(48-2)14-16-31)34(22-36(46)42-18-6-10-29(42)24-44)49-39(25)32-21-27(40)12-17-33(32)43(38(39)47)23-26-8-5-9-28(20-26)41-19-7-11-35(41)45/h5,8-9,12-17,20-21,25,29,34,37,44H,6-7,10-11,18-19,22-24H2,1-4H3/t25-,29+,34+,37-,39+/m1/s1. The van der Waals surface area contributed by atoms with Crippen LogP contribution in [0.5, 0.6) is 5.75 Å². The smallest absolute Gasteiger partial charge is 0.264 e. The van der Waals surface area contributed by atoms with Gasteiger partial charge in [0.1, 0.15) is 5.75 Å². The zero-order valence-corrected chi connectivity index (χ0v) is 31.8. The van der Waals surface area contributed by atoms with Crippen LogP contribution in [0.25, 0.3) is 0 Å². The first kappa shape index (κ1) is 34.9. The molecule has 5 atom stereocenters. The van der Waals surface area contributed by atoms with Crippen molar-refractivity contribution in [3.05, 3.63) is 82.3 Å². The van der Waals surface area contributed by atoms with Gasteiger partial charge in [0.15, 0.2) is 5.60 Å². The first-order valence-corrected chi connectivity index (χ1v) is 21.6. The van der Waals surface area contributed by atoms with Crippen LogP contribution in [-0.2, 0) is 31.3 Å². The Balaban J connectivity index is 1.29. The molecular weight excluding hydrogens is 714 g/mol. The molecule has 11 heteroatoms. The maximum absolute atomic E-state index is 15.2. The number of anilines is 2. The van der Waals surface area contributed by atoms with Gasteiger partial charge < -0.3 is 29.3 Å². The molecule has 0 bridgehead atoms. The number of ether oxygens (including phenoxy) is 2. The molecule has 3 aromatic carbocycles. The van der Waals surface area contributed by atoms with Gasteiger partial charge in [-0.3, -0.25) is 14.4 Å². The lowest BCUT2D eigenvalue weighted by atomic mass is 9.82. The van der Waals surface area contributed by atoms with Gasteiger partial charge in [0.2, 0.25) is 11.8 Å². The predicted molar refractivity (Wildman–Crippen MR) is 199 cm³/mol. The number of carbonyl (C=O) groups is 3. The maximum Gasteiger partial charge on any atom is 0.264 e. The largest absolute Gasteiger partial charge is 0.497 e. The van der Waals surface area contributed by atoms with Crippen LogP contribution in [-0.4, -0.2) is 74.8 Å². The van der Waals surface area contributed by atoms with Gasteiger partial charge in [0.05, 0.1) is 52.6 Å². The van der Waals surface area contributed by atoms with Gasteiger partial charge in [0, 0.05) is 41.2 Å². The van der Waals surface area contributed by atoms with Crippen molar-refractivity contribution in [2.45, 2.75) is 82.0 Å². The number of rotatable bonds is 9. The Morgan fingerprint density at radius 3 is 2.54 bits per heavy atom. The number of nitrogens with zero attached hydrogens (tertiary/aromatic N) is 3. The number of hydrogen-bond donors (Lipinski definition) is 1. The van der Waals surface area contributed by atoms with Crippen molar-refractivity contribution in [3.8, 4) is 5.75 Å². The van der Waals surface area contributed by atoms with Crippen LogP contribution < -0.4 is 19.7 Å². The number of hydrogen-bond acceptors (Lipinski definition) is 6. The third-order valence-corrected chi connectivity index (χ3v) is 16.6. The Labute approximate surface area is 303 Å². The number of halogens is 1. The van der Waals surface area contributed by atoms with Gasteiger partial charge in [-0.05, 0) is 72.8 Å². The van der Waals surface area contributed by atoms with Gasteiger partial charge in [-0.15, -0.1) is 0 Å². The minimum Gasteiger partial charge on any atom is -0.497 e. The van der Waals surface area contributed by atoms with Gasteiger partial charge in [-0.2, -0.15) is 0 Å². The third-order valence-electron chi connectivity index (χ3n) is 11.7. The molecule has 9 nitrogen and oxygen atoms in total. The fourth-order valence-corrected chi connectivity index (χ4v) is 13.6. The number of aliphatic hydroxyl groups excluding tert-OH is 1. The molecule has 0 radical (unpaired) electrons. The second-order valence-electron chi connectivity index (χ2n) is 14.8. The Bertz CT molecular complexity index is 1800. The van der Waals surface area contributed by atoms with Crippen molar-refractivity contribution in [1.29, 1.82) is 0 Å². The number of benzene rings is 3. The minimum atomic E-state index is -2.44. The van der Waals surface area contributed by atoms with Crippen molar-refractivity contribution in [3.63, 3.8) is 0 Å². The van der Waals surface area contributed by atoms with E-state index in [0.29, 0.717) is 26.1 Å². The molecule has 3 fully saturated rings. The van der Waals surface area contributed by atoms with Crippen LogP contribution in [0.15, 0.2) is 71.2 Å². The van der Waals surface area contributed by atoms with Crippen LogP contribution >= 0.6 is 15.9 Å². The molecule has 50 heavy (non-hydrogen) atoms. The summed E-state index contributed by atoms with van der Waals surface area (Å²) >= 11 is 3.68. The van der Waals surface area contributed by atoms with E-state index in [1.807, 2.05) is 69.3 Å². The van der Waals surface area contributed by atoms with Crippen LogP contribution in [0.4, 0.5) is 11.4 Å². The van der Waals surface area contributed by atoms with E-state index in [2.05, 4.69) is 48.1 Å². The van der Waals surface area contributed by atoms with E-state index >= 15 is 4.79 Å². The number of methoxy groups -OCH3 is 1. The van der Waals surface area contributed by atoms with Crippen LogP contribution in [0.2, 0.25) is 18.6 Å². The van der Waals surface area contributed by atoms with E-state index < -0.39 is 19.8 Å². The topological polar surface area (TPSA) is 99.6 Å². The molecule has 264 valence electrons. The van der Waals surface area contributed by atoms with Crippen molar-refractivity contribution in [2.24, 2.45) is 5.92 Å². The lowest BCUT2D eigenvalue weighted by Gasteiger charge is -2.37. The first-order chi connectivity index (χ1) is 24.0. The highest BCUT2D eigenvalue weighted by Gasteiger charge is 2.66. The summed E-state index contributed by atoms with van der Waals surface area (Å²) in [6.07, 6.45) is 2.66. The van der Waals surface area contributed by atoms with E-state index in [1.165, 1.54) is 5.19 Å². The van der Waals surface area contributed by atoms with E-state index in [1.54, 1.807) is 7.11 Å². The zero-order valence-electron chi connectivity index (χ0n) is 29.2. The van der Waals surface area contributed by atoms with Crippen molar-refractivity contribution < 1.29 is 29.0 Å². The number of aliphatic hydroxyl groups is 1. The predicted octanol–water partition coefficient (Wildman–Crippen LogP) is 5.72. The van der Waals surface area contributed by atoms with Crippen LogP contribution in [0.3, 0.4) is 0 Å². The quantitative estimate of drug-likeness (QED) is 0.281. The molecule has 1 N–H and O–H groups in total. The average molecular weight is 761 g/mol. The summed E-state index contributed by atoms with van der Waals surface area (Å²) in [7, 11) is -0.788. The molecular formula is C39H46BrN3O6Si. The van der Waals surface area contributed by atoms with Crippen molar-refractivity contribution in [1.82, 2.24) is 4.90 Å². The van der Waals surface area contributed by atoms with E-state index in [0.717, 1.165) is 52.0 Å². The SMILES string of the molecule is COc1ccc([Si](C)(C)[C@H]2[C@H](CC(=O)N3CCC[C@H]3CO)O[C@@]3(C(=O)N(Cc4cccc(N5CCCC5=O)c4)c4ccc(Br)cc43)[C@@H]2C)cc1. The summed E-state index contributed by atoms with van der Waals surface area (Å²) in [6.45, 7) is 8.33. The molecule has 0 unspecified atom stereocenters. The van der Waals surface area contributed by atoms with Crippen molar-refractivity contribution in [2.75, 3.05) is 36.6 Å². The number of likely N-dealkylation sites (tertiary alicyclic amines) is 1. The monoisotopic (exact) mass is 759 g/mol. The average Bonchev–Trinajstić information content (AvgIpc) is 3.88. The van der Waals surface area contributed by atoms with Gasteiger partial charge in [-0.25, -0.2) is 0 Å². The Hall–Kier alpha value is -3.51. The highest BCUT2D eigenvalue weighted by Crippen LogP contribution is 2.60. The number of amides is 3. The summed E-state index contributed by atoms with van der Waals surface area (Å²) in [6, 6.07) is 21.9. The summed E-state index contributed by atoms with van der Waals surface area (Å²) < 4.78 is 13.5. The summed E-state index contributed by atoms with van der Waals surface area (Å²) in [5.74, 6) is 0.478. The number of fused-ring (bicyclic) bond motifs is 2. The minimum absolute atomic E-state index is 0.0367. The summed E-state index contributed by atoms with van der Waals surface area (Å²) in [4.78, 5) is 47.2. The molecule has 7 rings (SSSR count). The lowest BCUT2D eigenvalue weighted by molar-refractivity contribution is -0.150. The molecule has 0 saturated carbocycles. The van der Waals surface area contributed by atoms with E-state index in [9.17, 15) is 14.7 Å². The van der Waals surface area contributed by atoms with Gasteiger partial charge in [-0.1, -0.05) is 65.4 Å². The first-order valence-electron chi connectivity index (χ1n) is 17.7. The normalized spacial score (nSPS) is 26.4. The molecule has 0 aliphatic carbocycles. The summed E-state index contributed by atoms with van der Waals surface area (Å²) in [5.41, 5.74) is 1.99. The highest BCUT2D eigenvalue weighted by molar-refractivity contribution is 9.10. The molecule has 3 saturated heterocycles. The fraction of sp³-hybridized carbons (Fsp3) is 0.462. The second kappa shape index (κ2) is 13.6. The summed E-state index contributed by atoms with van der Waals surface area (Å²) in [5, 5.41) is 11.2. The lowest BCUT2D eigenvalue weighted by Crippen LogP contribution is -2.52. The molecule has 3 aromatic rings. The molecule has 0 aromatic heterocycles. The van der Waals surface area contributed by atoms with Crippen molar-refractivity contribution >= 4 is 58.3 Å². The Morgan fingerprint density at radius 1 is 1.06 bits per heavy atom. The highest BCUT2D eigenvalue weighted by atomic mass is 79.9. The Kier molecular flexibility index (Phi) is 9.47. The second-order valence-corrected chi connectivity index (χ2v) is 20.4. The van der Waals surface area contributed by atoms with Crippen LogP contribution in [0, 0.1) is 5.92 Å². The van der Waals surface area contributed by atoms with E-state index in [4.69, 9.17) is 9.47 Å². The molecule has 1 spiro atoms. The molecule has 4 aliphatic rings. The number of carbonyl (C=O) groups excluding carboxylic acids is 3. The maximum atomic E-state index is 15.2.